The zero-order valence-electron chi connectivity index (χ0n) is 15.4. The number of aliphatic hydroxyl groups is 3. The molecule has 3 nitrogen and oxygen atoms in total. The number of allylic oxidation sites excluding steroid dienone is 1. The quantitative estimate of drug-likeness (QED) is 0.491. The van der Waals surface area contributed by atoms with Gasteiger partial charge in [0.1, 0.15) is 0 Å². The van der Waals surface area contributed by atoms with Crippen LogP contribution in [0.5, 0.6) is 0 Å². The monoisotopic (exact) mass is 322 g/mol. The molecule has 0 aromatic rings. The lowest BCUT2D eigenvalue weighted by atomic mass is 9.57. The molecule has 3 N–H and O–H groups in total. The Morgan fingerprint density at radius 1 is 1.26 bits per heavy atom. The Bertz CT molecular complexity index is 489. The van der Waals surface area contributed by atoms with E-state index < -0.39 is 16.8 Å². The van der Waals surface area contributed by atoms with Crippen LogP contribution < -0.4 is 0 Å². The third-order valence-electron chi connectivity index (χ3n) is 5.50. The van der Waals surface area contributed by atoms with E-state index in [9.17, 15) is 15.3 Å². The van der Waals surface area contributed by atoms with Gasteiger partial charge in [-0.1, -0.05) is 59.3 Å². The van der Waals surface area contributed by atoms with E-state index >= 15 is 0 Å². The molecule has 0 bridgehead atoms. The summed E-state index contributed by atoms with van der Waals surface area (Å²) in [5.41, 5.74) is -1.89. The molecule has 1 unspecified atom stereocenters. The van der Waals surface area contributed by atoms with Crippen molar-refractivity contribution in [3.05, 3.63) is 36.5 Å². The van der Waals surface area contributed by atoms with E-state index in [1.807, 2.05) is 13.0 Å². The van der Waals surface area contributed by atoms with Crippen molar-refractivity contribution in [2.45, 2.75) is 71.7 Å². The minimum Gasteiger partial charge on any atom is -0.379 e. The summed E-state index contributed by atoms with van der Waals surface area (Å²) >= 11 is 0. The highest BCUT2D eigenvalue weighted by molar-refractivity contribution is 5.39. The third-order valence-corrected chi connectivity index (χ3v) is 5.50. The average molecular weight is 322 g/mol. The molecule has 132 valence electrons. The van der Waals surface area contributed by atoms with Crippen LogP contribution in [-0.2, 0) is 0 Å². The van der Waals surface area contributed by atoms with Crippen LogP contribution >= 0.6 is 0 Å². The first-order valence-electron chi connectivity index (χ1n) is 8.61. The van der Waals surface area contributed by atoms with Crippen LogP contribution in [-0.4, -0.2) is 26.7 Å². The fraction of sp³-hybridized carbons (Fsp3) is 0.700. The van der Waals surface area contributed by atoms with Gasteiger partial charge in [0.15, 0.2) is 5.60 Å². The molecular weight excluding hydrogens is 288 g/mol. The lowest BCUT2D eigenvalue weighted by molar-refractivity contribution is -0.273. The summed E-state index contributed by atoms with van der Waals surface area (Å²) in [6, 6.07) is 0. The second kappa shape index (κ2) is 6.92. The standard InChI is InChI=1S/C20H34O3/c1-8-18(7)13-12-17(16(6)11-9-10-14(2)3)20(22,23)19(18,21)15(4)5/h8,12,14,16,21-23H,1,4,9-11,13H2,2-3,5-7H3/t16?,18-,19-/m0/s1. The molecule has 0 saturated heterocycles. The topological polar surface area (TPSA) is 60.7 Å². The molecule has 0 spiro atoms. The maximum Gasteiger partial charge on any atom is 0.220 e. The predicted molar refractivity (Wildman–Crippen MR) is 95.8 cm³/mol. The molecule has 3 heteroatoms. The fourth-order valence-corrected chi connectivity index (χ4v) is 3.77. The zero-order valence-corrected chi connectivity index (χ0v) is 15.4. The Morgan fingerprint density at radius 3 is 2.26 bits per heavy atom. The normalized spacial score (nSPS) is 31.6. The van der Waals surface area contributed by atoms with Crippen molar-refractivity contribution < 1.29 is 15.3 Å². The highest BCUT2D eigenvalue weighted by Gasteiger charge is 2.63. The van der Waals surface area contributed by atoms with Gasteiger partial charge in [0, 0.05) is 5.41 Å². The Hall–Kier alpha value is -0.900. The van der Waals surface area contributed by atoms with E-state index in [0.29, 0.717) is 23.5 Å². The first-order valence-corrected chi connectivity index (χ1v) is 8.61. The molecule has 23 heavy (non-hydrogen) atoms. The smallest absolute Gasteiger partial charge is 0.220 e. The highest BCUT2D eigenvalue weighted by atomic mass is 16.5. The summed E-state index contributed by atoms with van der Waals surface area (Å²) in [5, 5.41) is 33.0. The summed E-state index contributed by atoms with van der Waals surface area (Å²) < 4.78 is 0. The SMILES string of the molecule is C=C[C@@]1(C)CC=C(C(C)CCCC(C)C)C(O)(O)[C@]1(O)C(=C)C. The molecule has 0 amide bonds. The van der Waals surface area contributed by atoms with Crippen LogP contribution in [0, 0.1) is 17.3 Å². The Kier molecular flexibility index (Phi) is 6.06. The zero-order chi connectivity index (χ0) is 18.1. The van der Waals surface area contributed by atoms with Gasteiger partial charge in [-0.2, -0.15) is 0 Å². The van der Waals surface area contributed by atoms with Crippen LogP contribution in [0.1, 0.15) is 60.3 Å². The minimum absolute atomic E-state index is 0.0102. The first kappa shape index (κ1) is 20.1. The molecule has 0 aliphatic heterocycles. The van der Waals surface area contributed by atoms with Gasteiger partial charge in [-0.3, -0.25) is 0 Å². The van der Waals surface area contributed by atoms with Gasteiger partial charge in [0.05, 0.1) is 0 Å². The van der Waals surface area contributed by atoms with E-state index in [0.717, 1.165) is 19.3 Å². The molecule has 0 fully saturated rings. The molecule has 0 aromatic carbocycles. The van der Waals surface area contributed by atoms with Crippen molar-refractivity contribution in [3.63, 3.8) is 0 Å². The average Bonchev–Trinajstić information content (AvgIpc) is 2.43. The molecule has 1 aliphatic rings. The highest BCUT2D eigenvalue weighted by Crippen LogP contribution is 2.53. The number of hydrogen-bond acceptors (Lipinski definition) is 3. The van der Waals surface area contributed by atoms with Crippen LogP contribution in [0.2, 0.25) is 0 Å². The van der Waals surface area contributed by atoms with Gasteiger partial charge in [-0.05, 0) is 42.7 Å². The molecule has 0 saturated carbocycles. The van der Waals surface area contributed by atoms with Gasteiger partial charge in [-0.25, -0.2) is 0 Å². The lowest BCUT2D eigenvalue weighted by Crippen LogP contribution is -2.66. The summed E-state index contributed by atoms with van der Waals surface area (Å²) in [6.07, 6.45) is 6.96. The largest absolute Gasteiger partial charge is 0.379 e. The molecule has 1 rings (SSSR count). The minimum atomic E-state index is -2.34. The summed E-state index contributed by atoms with van der Waals surface area (Å²) in [4.78, 5) is 0. The van der Waals surface area contributed by atoms with Crippen molar-refractivity contribution in [2.75, 3.05) is 0 Å². The Balaban J connectivity index is 3.17. The van der Waals surface area contributed by atoms with E-state index in [2.05, 4.69) is 27.0 Å². The van der Waals surface area contributed by atoms with Crippen molar-refractivity contribution in [2.24, 2.45) is 17.3 Å². The van der Waals surface area contributed by atoms with Gasteiger partial charge < -0.3 is 15.3 Å². The molecule has 0 heterocycles. The van der Waals surface area contributed by atoms with Gasteiger partial charge >= 0.3 is 0 Å². The summed E-state index contributed by atoms with van der Waals surface area (Å²) in [7, 11) is 0. The third kappa shape index (κ3) is 3.33. The van der Waals surface area contributed by atoms with Gasteiger partial charge in [0.25, 0.3) is 0 Å². The first-order chi connectivity index (χ1) is 10.4. The van der Waals surface area contributed by atoms with E-state index in [1.165, 1.54) is 0 Å². The van der Waals surface area contributed by atoms with Gasteiger partial charge in [0.2, 0.25) is 5.79 Å². The van der Waals surface area contributed by atoms with Crippen molar-refractivity contribution in [1.82, 2.24) is 0 Å². The summed E-state index contributed by atoms with van der Waals surface area (Å²) in [6.45, 7) is 17.4. The van der Waals surface area contributed by atoms with Crippen molar-refractivity contribution >= 4 is 0 Å². The molecule has 0 aromatic heterocycles. The van der Waals surface area contributed by atoms with E-state index in [1.54, 1.807) is 19.9 Å². The number of rotatable bonds is 7. The predicted octanol–water partition coefficient (Wildman–Crippen LogP) is 3.96. The Labute approximate surface area is 141 Å². The molecule has 3 atom stereocenters. The second-order valence-electron chi connectivity index (χ2n) is 7.87. The molecule has 1 aliphatic carbocycles. The van der Waals surface area contributed by atoms with Crippen LogP contribution in [0.25, 0.3) is 0 Å². The van der Waals surface area contributed by atoms with E-state index in [4.69, 9.17) is 0 Å². The maximum atomic E-state index is 11.2. The number of hydrogen-bond donors (Lipinski definition) is 3. The van der Waals surface area contributed by atoms with Crippen LogP contribution in [0.4, 0.5) is 0 Å². The second-order valence-corrected chi connectivity index (χ2v) is 7.87. The molecular formula is C20H34O3. The summed E-state index contributed by atoms with van der Waals surface area (Å²) in [5.74, 6) is -1.71. The molecule has 0 radical (unpaired) electrons. The van der Waals surface area contributed by atoms with Gasteiger partial charge in [-0.15, -0.1) is 6.58 Å². The van der Waals surface area contributed by atoms with Crippen LogP contribution in [0.3, 0.4) is 0 Å². The Morgan fingerprint density at radius 2 is 1.83 bits per heavy atom. The lowest BCUT2D eigenvalue weighted by Gasteiger charge is -2.54. The van der Waals surface area contributed by atoms with E-state index in [-0.39, 0.29) is 5.92 Å². The fourth-order valence-electron chi connectivity index (χ4n) is 3.77. The van der Waals surface area contributed by atoms with Crippen molar-refractivity contribution in [3.8, 4) is 0 Å². The maximum absolute atomic E-state index is 11.2. The van der Waals surface area contributed by atoms with Crippen LogP contribution in [0.15, 0.2) is 36.5 Å². The van der Waals surface area contributed by atoms with Crippen molar-refractivity contribution in [1.29, 1.82) is 0 Å².